The summed E-state index contributed by atoms with van der Waals surface area (Å²) in [4.78, 5) is 15.4. The number of esters is 1. The Hall–Kier alpha value is -2.10. The minimum Gasteiger partial charge on any atom is -0.496 e. The first-order chi connectivity index (χ1) is 8.26. The molecule has 0 unspecified atom stereocenters. The highest BCUT2D eigenvalue weighted by Gasteiger charge is 2.09. The van der Waals surface area contributed by atoms with Crippen LogP contribution < -0.4 is 4.74 Å². The molecule has 1 aromatic carbocycles. The van der Waals surface area contributed by atoms with Gasteiger partial charge in [-0.25, -0.2) is 0 Å². The van der Waals surface area contributed by atoms with E-state index in [1.807, 2.05) is 18.2 Å². The van der Waals surface area contributed by atoms with Crippen LogP contribution in [0, 0.1) is 0 Å². The molecular weight excluding hydrogens is 218 g/mol. The number of hydrogen-bond donors (Lipinski definition) is 0. The van der Waals surface area contributed by atoms with Crippen molar-refractivity contribution >= 4 is 16.7 Å². The number of benzene rings is 1. The van der Waals surface area contributed by atoms with Crippen molar-refractivity contribution in [3.63, 3.8) is 0 Å². The van der Waals surface area contributed by atoms with Crippen molar-refractivity contribution in [2.45, 2.75) is 6.42 Å². The van der Waals surface area contributed by atoms with E-state index in [-0.39, 0.29) is 12.4 Å². The molecule has 0 N–H and O–H groups in total. The van der Waals surface area contributed by atoms with Crippen LogP contribution in [0.2, 0.25) is 0 Å². The molecule has 0 aliphatic rings. The lowest BCUT2D eigenvalue weighted by molar-refractivity contribution is -0.139. The summed E-state index contributed by atoms with van der Waals surface area (Å²) in [5.74, 6) is 0.495. The quantitative estimate of drug-likeness (QED) is 0.758. The van der Waals surface area contributed by atoms with E-state index in [2.05, 4.69) is 9.72 Å². The molecule has 2 aromatic rings. The van der Waals surface area contributed by atoms with Crippen LogP contribution in [0.1, 0.15) is 5.56 Å². The fourth-order valence-electron chi connectivity index (χ4n) is 1.79. The van der Waals surface area contributed by atoms with Crippen LogP contribution in [0.5, 0.6) is 5.75 Å². The average Bonchev–Trinajstić information content (AvgIpc) is 2.39. The number of aromatic nitrogens is 1. The normalized spacial score (nSPS) is 10.2. The van der Waals surface area contributed by atoms with Crippen LogP contribution in [0.4, 0.5) is 0 Å². The molecule has 1 aromatic heterocycles. The highest BCUT2D eigenvalue weighted by molar-refractivity contribution is 5.92. The number of rotatable bonds is 3. The minimum atomic E-state index is -0.256. The summed E-state index contributed by atoms with van der Waals surface area (Å²) in [5.41, 5.74) is 0.912. The first-order valence-corrected chi connectivity index (χ1v) is 5.22. The molecule has 0 atom stereocenters. The molecule has 0 bridgehead atoms. The molecule has 0 saturated carbocycles. The number of nitrogens with zero attached hydrogens (tertiary/aromatic N) is 1. The lowest BCUT2D eigenvalue weighted by atomic mass is 10.0. The van der Waals surface area contributed by atoms with Gasteiger partial charge in [0.25, 0.3) is 0 Å². The molecule has 0 spiro atoms. The zero-order valence-corrected chi connectivity index (χ0v) is 9.77. The maximum atomic E-state index is 11.3. The molecule has 4 nitrogen and oxygen atoms in total. The van der Waals surface area contributed by atoms with Gasteiger partial charge in [-0.05, 0) is 23.1 Å². The SMILES string of the molecule is COC(=O)Cc1ccc(OC)c2cnccc12. The van der Waals surface area contributed by atoms with Gasteiger partial charge in [-0.15, -0.1) is 0 Å². The highest BCUT2D eigenvalue weighted by Crippen LogP contribution is 2.27. The van der Waals surface area contributed by atoms with Crippen molar-refractivity contribution in [1.29, 1.82) is 0 Å². The lowest BCUT2D eigenvalue weighted by Crippen LogP contribution is -2.05. The fourth-order valence-corrected chi connectivity index (χ4v) is 1.79. The van der Waals surface area contributed by atoms with E-state index in [0.717, 1.165) is 22.1 Å². The van der Waals surface area contributed by atoms with Gasteiger partial charge >= 0.3 is 5.97 Å². The summed E-state index contributed by atoms with van der Waals surface area (Å²) in [6.45, 7) is 0. The molecule has 4 heteroatoms. The Labute approximate surface area is 99.2 Å². The van der Waals surface area contributed by atoms with Gasteiger partial charge in [0.05, 0.1) is 20.6 Å². The zero-order valence-electron chi connectivity index (χ0n) is 9.77. The van der Waals surface area contributed by atoms with Crippen molar-refractivity contribution in [3.05, 3.63) is 36.2 Å². The number of methoxy groups -OCH3 is 2. The standard InChI is InChI=1S/C13H13NO3/c1-16-12-4-3-9(7-13(15)17-2)10-5-6-14-8-11(10)12/h3-6,8H,7H2,1-2H3. The number of carbonyl (C=O) groups excluding carboxylic acids is 1. The second-order valence-electron chi connectivity index (χ2n) is 3.60. The molecule has 0 aliphatic carbocycles. The lowest BCUT2D eigenvalue weighted by Gasteiger charge is -2.09. The molecule has 0 fully saturated rings. The summed E-state index contributed by atoms with van der Waals surface area (Å²) in [6, 6.07) is 5.58. The Balaban J connectivity index is 2.54. The summed E-state index contributed by atoms with van der Waals surface area (Å²) in [6.07, 6.45) is 3.68. The summed E-state index contributed by atoms with van der Waals surface area (Å²) < 4.78 is 9.93. The van der Waals surface area contributed by atoms with Crippen LogP contribution in [-0.4, -0.2) is 25.2 Å². The van der Waals surface area contributed by atoms with Crippen LogP contribution in [0.3, 0.4) is 0 Å². The van der Waals surface area contributed by atoms with Gasteiger partial charge in [0.1, 0.15) is 5.75 Å². The predicted molar refractivity (Wildman–Crippen MR) is 64.0 cm³/mol. The number of hydrogen-bond acceptors (Lipinski definition) is 4. The first kappa shape index (κ1) is 11.4. The second-order valence-corrected chi connectivity index (χ2v) is 3.60. The molecule has 0 aliphatic heterocycles. The third-order valence-corrected chi connectivity index (χ3v) is 2.65. The third-order valence-electron chi connectivity index (χ3n) is 2.65. The van der Waals surface area contributed by atoms with Gasteiger partial charge in [-0.1, -0.05) is 6.07 Å². The first-order valence-electron chi connectivity index (χ1n) is 5.22. The van der Waals surface area contributed by atoms with Crippen LogP contribution in [-0.2, 0) is 16.0 Å². The van der Waals surface area contributed by atoms with Crippen molar-refractivity contribution in [2.24, 2.45) is 0 Å². The Morgan fingerprint density at radius 1 is 1.24 bits per heavy atom. The number of pyridine rings is 1. The predicted octanol–water partition coefficient (Wildman–Crippen LogP) is 1.96. The van der Waals surface area contributed by atoms with E-state index in [9.17, 15) is 4.79 Å². The fraction of sp³-hybridized carbons (Fsp3) is 0.231. The Morgan fingerprint density at radius 3 is 2.76 bits per heavy atom. The highest BCUT2D eigenvalue weighted by atomic mass is 16.5. The number of carbonyl (C=O) groups is 1. The van der Waals surface area contributed by atoms with Gasteiger partial charge in [0.15, 0.2) is 0 Å². The molecule has 17 heavy (non-hydrogen) atoms. The van der Waals surface area contributed by atoms with E-state index < -0.39 is 0 Å². The van der Waals surface area contributed by atoms with Gasteiger partial charge < -0.3 is 9.47 Å². The van der Waals surface area contributed by atoms with Crippen LogP contribution in [0.15, 0.2) is 30.6 Å². The van der Waals surface area contributed by atoms with Gasteiger partial charge in [-0.2, -0.15) is 0 Å². The maximum absolute atomic E-state index is 11.3. The van der Waals surface area contributed by atoms with Crippen molar-refractivity contribution in [1.82, 2.24) is 4.98 Å². The van der Waals surface area contributed by atoms with E-state index in [0.29, 0.717) is 0 Å². The molecule has 0 radical (unpaired) electrons. The molecule has 1 heterocycles. The van der Waals surface area contributed by atoms with Gasteiger partial charge in [-0.3, -0.25) is 9.78 Å². The van der Waals surface area contributed by atoms with Crippen molar-refractivity contribution in [3.8, 4) is 5.75 Å². The van der Waals surface area contributed by atoms with E-state index in [1.54, 1.807) is 19.5 Å². The Bertz CT molecular complexity index is 551. The zero-order chi connectivity index (χ0) is 12.3. The smallest absolute Gasteiger partial charge is 0.309 e. The summed E-state index contributed by atoms with van der Waals surface area (Å²) >= 11 is 0. The summed E-state index contributed by atoms with van der Waals surface area (Å²) in [5, 5.41) is 1.86. The largest absolute Gasteiger partial charge is 0.496 e. The van der Waals surface area contributed by atoms with Crippen molar-refractivity contribution < 1.29 is 14.3 Å². The molecule has 0 saturated heterocycles. The molecule has 88 valence electrons. The van der Waals surface area contributed by atoms with Crippen LogP contribution >= 0.6 is 0 Å². The van der Waals surface area contributed by atoms with Gasteiger partial charge in [0, 0.05) is 17.8 Å². The molecular formula is C13H13NO3. The van der Waals surface area contributed by atoms with E-state index >= 15 is 0 Å². The Kier molecular flexibility index (Phi) is 3.23. The maximum Gasteiger partial charge on any atom is 0.309 e. The average molecular weight is 231 g/mol. The van der Waals surface area contributed by atoms with E-state index in [4.69, 9.17) is 4.74 Å². The number of fused-ring (bicyclic) bond motifs is 1. The number of ether oxygens (including phenoxy) is 2. The van der Waals surface area contributed by atoms with Crippen LogP contribution in [0.25, 0.3) is 10.8 Å². The Morgan fingerprint density at radius 2 is 2.06 bits per heavy atom. The van der Waals surface area contributed by atoms with Crippen molar-refractivity contribution in [2.75, 3.05) is 14.2 Å². The molecule has 2 rings (SSSR count). The topological polar surface area (TPSA) is 48.4 Å². The van der Waals surface area contributed by atoms with E-state index in [1.165, 1.54) is 7.11 Å². The minimum absolute atomic E-state index is 0.251. The van der Waals surface area contributed by atoms with Gasteiger partial charge in [0.2, 0.25) is 0 Å². The second kappa shape index (κ2) is 4.82. The summed E-state index contributed by atoms with van der Waals surface area (Å²) in [7, 11) is 3.00. The monoisotopic (exact) mass is 231 g/mol. The molecule has 0 amide bonds. The third kappa shape index (κ3) is 2.20.